The molecule has 0 aromatic heterocycles. The highest BCUT2D eigenvalue weighted by molar-refractivity contribution is 14.2. The Bertz CT molecular complexity index is 161. The zero-order chi connectivity index (χ0) is 9.84. The fourth-order valence-electron chi connectivity index (χ4n) is 1.75. The maximum atomic E-state index is 12.5. The minimum Gasteiger partial charge on any atom is -0.329 e. The summed E-state index contributed by atoms with van der Waals surface area (Å²) in [4.78, 5) is 1.84. The van der Waals surface area contributed by atoms with Crippen molar-refractivity contribution in [2.24, 2.45) is 5.73 Å². The molecule has 78 valence electrons. The van der Waals surface area contributed by atoms with Crippen molar-refractivity contribution in [3.05, 3.63) is 0 Å². The molecule has 0 bridgehead atoms. The summed E-state index contributed by atoms with van der Waals surface area (Å²) in [6.07, 6.45) is -0.848. The molecule has 0 saturated carbocycles. The molecule has 13 heavy (non-hydrogen) atoms. The molecule has 0 aromatic rings. The minimum atomic E-state index is -2.24. The molecule has 6 heteroatoms. The van der Waals surface area contributed by atoms with Gasteiger partial charge in [0.05, 0.1) is 11.9 Å². The lowest BCUT2D eigenvalue weighted by atomic mass is 10.2. The summed E-state index contributed by atoms with van der Waals surface area (Å²) in [5, 5.41) is 0. The second-order valence-electron chi connectivity index (χ2n) is 3.12. The second-order valence-corrected chi connectivity index (χ2v) is 5.47. The van der Waals surface area contributed by atoms with E-state index in [-0.39, 0.29) is 6.04 Å². The van der Waals surface area contributed by atoms with E-state index in [2.05, 4.69) is 21.2 Å². The van der Waals surface area contributed by atoms with Gasteiger partial charge in [0, 0.05) is 12.6 Å². The number of rotatable bonds is 4. The number of likely N-dealkylation sites (tertiary alicyclic amines) is 1. The number of hydrogen-bond donors (Lipinski definition) is 1. The van der Waals surface area contributed by atoms with E-state index in [1.54, 1.807) is 8.93 Å². The molecule has 1 aliphatic heterocycles. The van der Waals surface area contributed by atoms with Crippen LogP contribution in [-0.4, -0.2) is 35.8 Å². The molecule has 0 aliphatic carbocycles. The summed E-state index contributed by atoms with van der Waals surface area (Å²) in [5.74, 6) is 0.650. The average molecular weight is 322 g/mol. The predicted molar refractivity (Wildman–Crippen MR) is 60.2 cm³/mol. The maximum absolute atomic E-state index is 12.5. The Morgan fingerprint density at radius 2 is 2.23 bits per heavy atom. The highest BCUT2D eigenvalue weighted by Gasteiger charge is 2.37. The highest BCUT2D eigenvalue weighted by Crippen LogP contribution is 2.30. The molecule has 1 rings (SSSR count). The molecule has 0 aromatic carbocycles. The zero-order valence-electron chi connectivity index (χ0n) is 7.13. The van der Waals surface area contributed by atoms with Crippen LogP contribution in [0.3, 0.4) is 0 Å². The van der Waals surface area contributed by atoms with E-state index in [1.807, 2.05) is 4.90 Å². The first-order valence-corrected chi connectivity index (χ1v) is 7.71. The van der Waals surface area contributed by atoms with Crippen LogP contribution < -0.4 is 5.73 Å². The second kappa shape index (κ2) is 5.67. The van der Waals surface area contributed by atoms with Gasteiger partial charge >= 0.3 is 0 Å². The molecule has 2 unspecified atom stereocenters. The van der Waals surface area contributed by atoms with Crippen LogP contribution in [0.4, 0.5) is 8.78 Å². The van der Waals surface area contributed by atoms with Crippen molar-refractivity contribution in [2.75, 3.05) is 12.4 Å². The van der Waals surface area contributed by atoms with Crippen molar-refractivity contribution in [1.29, 1.82) is 0 Å². The van der Waals surface area contributed by atoms with E-state index in [1.165, 1.54) is 0 Å². The number of alkyl halides is 2. The van der Waals surface area contributed by atoms with E-state index >= 15 is 0 Å². The van der Waals surface area contributed by atoms with E-state index in [4.69, 9.17) is 5.73 Å². The van der Waals surface area contributed by atoms with E-state index in [9.17, 15) is 8.78 Å². The topological polar surface area (TPSA) is 29.3 Å². The number of halogens is 3. The van der Waals surface area contributed by atoms with E-state index in [0.717, 1.165) is 6.42 Å². The third-order valence-corrected chi connectivity index (χ3v) is 3.68. The summed E-state index contributed by atoms with van der Waals surface area (Å²) in [7, 11) is 1.55. The number of nitrogens with two attached hydrogens (primary N) is 1. The largest absolute Gasteiger partial charge is 0.329 e. The maximum Gasteiger partial charge on any atom is 0.253 e. The molecule has 0 radical (unpaired) electrons. The fraction of sp³-hybridized carbons (Fsp3) is 1.00. The van der Waals surface area contributed by atoms with Gasteiger partial charge in [0.2, 0.25) is 0 Å². The lowest BCUT2D eigenvalue weighted by Crippen LogP contribution is -2.42. The van der Waals surface area contributed by atoms with Crippen LogP contribution in [-0.2, 0) is 0 Å². The first-order chi connectivity index (χ1) is 6.20. The molecule has 2 nitrogen and oxygen atoms in total. The van der Waals surface area contributed by atoms with Crippen molar-refractivity contribution in [1.82, 2.24) is 4.90 Å². The SMILES string of the molecule is NCC1CCC(C(F)F)N1CSI. The van der Waals surface area contributed by atoms with Crippen LogP contribution in [0.1, 0.15) is 12.8 Å². The Labute approximate surface area is 93.2 Å². The lowest BCUT2D eigenvalue weighted by molar-refractivity contribution is 0.0450. The summed E-state index contributed by atoms with van der Waals surface area (Å²) >= 11 is 2.13. The monoisotopic (exact) mass is 322 g/mol. The highest BCUT2D eigenvalue weighted by atomic mass is 127. The summed E-state index contributed by atoms with van der Waals surface area (Å²) in [6.45, 7) is 0.487. The minimum absolute atomic E-state index is 0.154. The molecule has 1 fully saturated rings. The molecule has 0 spiro atoms. The van der Waals surface area contributed by atoms with Crippen molar-refractivity contribution in [3.8, 4) is 0 Å². The molecule has 0 amide bonds. The molecule has 2 atom stereocenters. The third kappa shape index (κ3) is 2.90. The average Bonchev–Trinajstić information content (AvgIpc) is 2.48. The quantitative estimate of drug-likeness (QED) is 0.804. The number of nitrogens with zero attached hydrogens (tertiary/aromatic N) is 1. The van der Waals surface area contributed by atoms with Gasteiger partial charge in [-0.2, -0.15) is 0 Å². The Morgan fingerprint density at radius 3 is 2.69 bits per heavy atom. The smallest absolute Gasteiger partial charge is 0.253 e. The van der Waals surface area contributed by atoms with Gasteiger partial charge in [-0.3, -0.25) is 4.90 Å². The first kappa shape index (κ1) is 11.9. The predicted octanol–water partition coefficient (Wildman–Crippen LogP) is 2.08. The van der Waals surface area contributed by atoms with Crippen LogP contribution in [0.15, 0.2) is 0 Å². The van der Waals surface area contributed by atoms with Gasteiger partial charge in [0.15, 0.2) is 0 Å². The third-order valence-electron chi connectivity index (χ3n) is 2.45. The van der Waals surface area contributed by atoms with Crippen LogP contribution in [0.2, 0.25) is 0 Å². The number of hydrogen-bond acceptors (Lipinski definition) is 3. The van der Waals surface area contributed by atoms with Crippen LogP contribution in [0.5, 0.6) is 0 Å². The van der Waals surface area contributed by atoms with Crippen LogP contribution in [0.25, 0.3) is 0 Å². The summed E-state index contributed by atoms with van der Waals surface area (Å²) < 4.78 is 25.1. The van der Waals surface area contributed by atoms with Gasteiger partial charge in [-0.15, -0.1) is 0 Å². The zero-order valence-corrected chi connectivity index (χ0v) is 10.1. The standard InChI is InChI=1S/C7H13F2IN2S/c8-7(9)6-2-1-5(3-11)12(6)4-13-10/h5-7H,1-4,11H2. The molecule has 1 aliphatic rings. The van der Waals surface area contributed by atoms with Gasteiger partial charge in [-0.1, -0.05) is 8.93 Å². The molecular formula is C7H13F2IN2S. The van der Waals surface area contributed by atoms with Crippen LogP contribution >= 0.6 is 30.1 Å². The van der Waals surface area contributed by atoms with Gasteiger partial charge in [-0.05, 0) is 34.0 Å². The normalized spacial score (nSPS) is 30.2. The first-order valence-electron chi connectivity index (χ1n) is 4.18. The van der Waals surface area contributed by atoms with Crippen molar-refractivity contribution in [2.45, 2.75) is 31.4 Å². The Morgan fingerprint density at radius 1 is 1.54 bits per heavy atom. The lowest BCUT2D eigenvalue weighted by Gasteiger charge is -2.27. The van der Waals surface area contributed by atoms with E-state index < -0.39 is 12.5 Å². The van der Waals surface area contributed by atoms with Crippen molar-refractivity contribution >= 4 is 30.1 Å². The van der Waals surface area contributed by atoms with Crippen LogP contribution in [0, 0.1) is 0 Å². The summed E-state index contributed by atoms with van der Waals surface area (Å²) in [6, 6.07) is -0.419. The van der Waals surface area contributed by atoms with Crippen molar-refractivity contribution < 1.29 is 8.78 Å². The molecule has 1 heterocycles. The summed E-state index contributed by atoms with van der Waals surface area (Å²) in [5.41, 5.74) is 5.52. The van der Waals surface area contributed by atoms with Gasteiger partial charge in [-0.25, -0.2) is 8.78 Å². The van der Waals surface area contributed by atoms with E-state index in [0.29, 0.717) is 18.8 Å². The van der Waals surface area contributed by atoms with Crippen molar-refractivity contribution in [3.63, 3.8) is 0 Å². The molecular weight excluding hydrogens is 309 g/mol. The van der Waals surface area contributed by atoms with Gasteiger partial charge < -0.3 is 5.73 Å². The van der Waals surface area contributed by atoms with Gasteiger partial charge in [0.1, 0.15) is 0 Å². The fourth-order valence-corrected chi connectivity index (χ4v) is 3.23. The Hall–Kier alpha value is 0.860. The van der Waals surface area contributed by atoms with Gasteiger partial charge in [0.25, 0.3) is 6.43 Å². The Balaban J connectivity index is 2.55. The Kier molecular flexibility index (Phi) is 5.21. The molecule has 1 saturated heterocycles. The molecule has 2 N–H and O–H groups in total.